The molecule has 0 amide bonds. The van der Waals surface area contributed by atoms with Crippen molar-refractivity contribution in [3.63, 3.8) is 0 Å². The number of hydrogen-bond donors (Lipinski definition) is 0. The predicted octanol–water partition coefficient (Wildman–Crippen LogP) is 3.67. The lowest BCUT2D eigenvalue weighted by atomic mass is 9.98. The van der Waals surface area contributed by atoms with Gasteiger partial charge in [0.05, 0.1) is 11.2 Å². The van der Waals surface area contributed by atoms with E-state index in [0.29, 0.717) is 0 Å². The molecule has 0 spiro atoms. The summed E-state index contributed by atoms with van der Waals surface area (Å²) < 4.78 is 0. The van der Waals surface area contributed by atoms with E-state index in [9.17, 15) is 0 Å². The second kappa shape index (κ2) is 3.62. The van der Waals surface area contributed by atoms with E-state index in [1.54, 1.807) is 0 Å². The van der Waals surface area contributed by atoms with Crippen LogP contribution in [0.2, 0.25) is 0 Å². The standard InChI is InChI=1S/C14H20N2/c1-10-6-7-13(8-11(10)2)16-14(4,5)9-12(3)15-16/h6-8H,9H2,1-5H3. The fourth-order valence-corrected chi connectivity index (χ4v) is 2.31. The van der Waals surface area contributed by atoms with Gasteiger partial charge in [0.15, 0.2) is 0 Å². The number of aryl methyl sites for hydroxylation is 2. The fourth-order valence-electron chi connectivity index (χ4n) is 2.31. The molecule has 1 aliphatic rings. The molecule has 0 radical (unpaired) electrons. The first kappa shape index (κ1) is 11.2. The molecular formula is C14H20N2. The van der Waals surface area contributed by atoms with Crippen molar-refractivity contribution in [1.82, 2.24) is 0 Å². The molecule has 2 rings (SSSR count). The van der Waals surface area contributed by atoms with Gasteiger partial charge in [0.2, 0.25) is 0 Å². The molecule has 0 bridgehead atoms. The summed E-state index contributed by atoms with van der Waals surface area (Å²) in [6, 6.07) is 6.55. The predicted molar refractivity (Wildman–Crippen MR) is 70.2 cm³/mol. The molecule has 0 fully saturated rings. The molecule has 0 atom stereocenters. The highest BCUT2D eigenvalue weighted by Gasteiger charge is 2.33. The summed E-state index contributed by atoms with van der Waals surface area (Å²) in [4.78, 5) is 0. The van der Waals surface area contributed by atoms with Gasteiger partial charge in [-0.2, -0.15) is 5.10 Å². The summed E-state index contributed by atoms with van der Waals surface area (Å²) in [7, 11) is 0. The molecular weight excluding hydrogens is 196 g/mol. The molecule has 16 heavy (non-hydrogen) atoms. The summed E-state index contributed by atoms with van der Waals surface area (Å²) in [5.74, 6) is 0. The van der Waals surface area contributed by atoms with E-state index in [0.717, 1.165) is 6.42 Å². The van der Waals surface area contributed by atoms with Crippen molar-refractivity contribution in [3.05, 3.63) is 29.3 Å². The summed E-state index contributed by atoms with van der Waals surface area (Å²) >= 11 is 0. The first-order valence-electron chi connectivity index (χ1n) is 5.82. The molecule has 1 aromatic carbocycles. The molecule has 0 aliphatic carbocycles. The van der Waals surface area contributed by atoms with Crippen molar-refractivity contribution in [2.75, 3.05) is 5.01 Å². The minimum atomic E-state index is 0.103. The summed E-state index contributed by atoms with van der Waals surface area (Å²) in [6.07, 6.45) is 1.04. The zero-order chi connectivity index (χ0) is 11.9. The normalized spacial score (nSPS) is 18.8. The van der Waals surface area contributed by atoms with Crippen LogP contribution in [-0.4, -0.2) is 11.3 Å². The van der Waals surface area contributed by atoms with Gasteiger partial charge >= 0.3 is 0 Å². The second-order valence-electron chi connectivity index (χ2n) is 5.40. The zero-order valence-electron chi connectivity index (χ0n) is 10.8. The third kappa shape index (κ3) is 1.84. The van der Waals surface area contributed by atoms with E-state index in [1.165, 1.54) is 22.5 Å². The molecule has 0 unspecified atom stereocenters. The first-order valence-corrected chi connectivity index (χ1v) is 5.82. The number of anilines is 1. The molecule has 1 aromatic rings. The highest BCUT2D eigenvalue weighted by Crippen LogP contribution is 2.33. The van der Waals surface area contributed by atoms with Gasteiger partial charge in [-0.15, -0.1) is 0 Å². The lowest BCUT2D eigenvalue weighted by Gasteiger charge is -2.30. The van der Waals surface area contributed by atoms with Gasteiger partial charge in [-0.3, -0.25) is 5.01 Å². The maximum absolute atomic E-state index is 4.63. The van der Waals surface area contributed by atoms with Crippen molar-refractivity contribution < 1.29 is 0 Å². The average Bonchev–Trinajstić information content (AvgIpc) is 2.44. The number of hydrogen-bond acceptors (Lipinski definition) is 2. The minimum absolute atomic E-state index is 0.103. The molecule has 1 aliphatic heterocycles. The van der Waals surface area contributed by atoms with Gasteiger partial charge in [0.25, 0.3) is 0 Å². The van der Waals surface area contributed by atoms with E-state index >= 15 is 0 Å². The highest BCUT2D eigenvalue weighted by molar-refractivity contribution is 5.87. The Morgan fingerprint density at radius 2 is 1.81 bits per heavy atom. The van der Waals surface area contributed by atoms with Gasteiger partial charge in [0, 0.05) is 12.1 Å². The van der Waals surface area contributed by atoms with Crippen LogP contribution in [0.25, 0.3) is 0 Å². The molecule has 1 heterocycles. The van der Waals surface area contributed by atoms with Crippen molar-refractivity contribution >= 4 is 11.4 Å². The Balaban J connectivity index is 2.41. The maximum atomic E-state index is 4.63. The Bertz CT molecular complexity index is 444. The van der Waals surface area contributed by atoms with E-state index < -0.39 is 0 Å². The van der Waals surface area contributed by atoms with Crippen LogP contribution in [0.3, 0.4) is 0 Å². The average molecular weight is 216 g/mol. The van der Waals surface area contributed by atoms with Crippen molar-refractivity contribution in [1.29, 1.82) is 0 Å². The molecule has 0 saturated heterocycles. The monoisotopic (exact) mass is 216 g/mol. The smallest absolute Gasteiger partial charge is 0.0631 e. The summed E-state index contributed by atoms with van der Waals surface area (Å²) in [5, 5.41) is 6.78. The molecule has 0 saturated carbocycles. The second-order valence-corrected chi connectivity index (χ2v) is 5.40. The van der Waals surface area contributed by atoms with Crippen LogP contribution in [-0.2, 0) is 0 Å². The Labute approximate surface area is 98.0 Å². The SMILES string of the molecule is CC1=NN(c2ccc(C)c(C)c2)C(C)(C)C1. The molecule has 0 aromatic heterocycles. The minimum Gasteiger partial charge on any atom is -0.260 e. The number of benzene rings is 1. The molecule has 0 N–H and O–H groups in total. The molecule has 2 nitrogen and oxygen atoms in total. The largest absolute Gasteiger partial charge is 0.260 e. The third-order valence-corrected chi connectivity index (χ3v) is 3.27. The van der Waals surface area contributed by atoms with Crippen LogP contribution in [0.4, 0.5) is 5.69 Å². The summed E-state index contributed by atoms with van der Waals surface area (Å²) in [6.45, 7) is 10.9. The van der Waals surface area contributed by atoms with E-state index in [1.807, 2.05) is 0 Å². The number of hydrazone groups is 1. The van der Waals surface area contributed by atoms with E-state index in [2.05, 4.69) is 62.9 Å². The number of rotatable bonds is 1. The fraction of sp³-hybridized carbons (Fsp3) is 0.500. The molecule has 86 valence electrons. The highest BCUT2D eigenvalue weighted by atomic mass is 15.5. The Morgan fingerprint density at radius 3 is 2.31 bits per heavy atom. The lowest BCUT2D eigenvalue weighted by Crippen LogP contribution is -2.36. The third-order valence-electron chi connectivity index (χ3n) is 3.27. The van der Waals surface area contributed by atoms with Gasteiger partial charge in [-0.1, -0.05) is 6.07 Å². The Kier molecular flexibility index (Phi) is 2.53. The van der Waals surface area contributed by atoms with Crippen molar-refractivity contribution in [2.45, 2.75) is 46.6 Å². The zero-order valence-corrected chi connectivity index (χ0v) is 10.8. The summed E-state index contributed by atoms with van der Waals surface area (Å²) in [5.41, 5.74) is 5.17. The van der Waals surface area contributed by atoms with Gasteiger partial charge < -0.3 is 0 Å². The Hall–Kier alpha value is -1.31. The van der Waals surface area contributed by atoms with Crippen LogP contribution < -0.4 is 5.01 Å². The van der Waals surface area contributed by atoms with Gasteiger partial charge in [-0.05, 0) is 57.9 Å². The van der Waals surface area contributed by atoms with Crippen LogP contribution in [0.1, 0.15) is 38.3 Å². The first-order chi connectivity index (χ1) is 7.40. The van der Waals surface area contributed by atoms with E-state index in [-0.39, 0.29) is 5.54 Å². The van der Waals surface area contributed by atoms with Crippen LogP contribution in [0.5, 0.6) is 0 Å². The van der Waals surface area contributed by atoms with Gasteiger partial charge in [0.1, 0.15) is 0 Å². The maximum Gasteiger partial charge on any atom is 0.0631 e. The van der Waals surface area contributed by atoms with Gasteiger partial charge in [-0.25, -0.2) is 0 Å². The van der Waals surface area contributed by atoms with Crippen LogP contribution >= 0.6 is 0 Å². The van der Waals surface area contributed by atoms with Crippen LogP contribution in [0.15, 0.2) is 23.3 Å². The van der Waals surface area contributed by atoms with Crippen LogP contribution in [0, 0.1) is 13.8 Å². The van der Waals surface area contributed by atoms with Crippen molar-refractivity contribution in [2.24, 2.45) is 5.10 Å². The van der Waals surface area contributed by atoms with E-state index in [4.69, 9.17) is 0 Å². The lowest BCUT2D eigenvalue weighted by molar-refractivity contribution is 0.516. The topological polar surface area (TPSA) is 15.6 Å². The Morgan fingerprint density at radius 1 is 1.12 bits per heavy atom. The quantitative estimate of drug-likeness (QED) is 0.699. The molecule has 2 heteroatoms. The number of nitrogens with zero attached hydrogens (tertiary/aromatic N) is 2. The van der Waals surface area contributed by atoms with Crippen molar-refractivity contribution in [3.8, 4) is 0 Å².